The van der Waals surface area contributed by atoms with Crippen LogP contribution >= 0.6 is 0 Å². The summed E-state index contributed by atoms with van der Waals surface area (Å²) in [7, 11) is 0. The average Bonchev–Trinajstić information content (AvgIpc) is 1.94. The first-order valence-corrected chi connectivity index (χ1v) is 18.1. The van der Waals surface area contributed by atoms with Crippen molar-refractivity contribution >= 4 is 97.8 Å². The van der Waals surface area contributed by atoms with E-state index >= 15 is 0 Å². The van der Waals surface area contributed by atoms with Gasteiger partial charge in [0.05, 0.1) is 0 Å². The van der Waals surface area contributed by atoms with E-state index < -0.39 is 113 Å². The predicted molar refractivity (Wildman–Crippen MR) is 14.9 cm³/mol. The summed E-state index contributed by atoms with van der Waals surface area (Å²) in [4.78, 5) is 0. The summed E-state index contributed by atoms with van der Waals surface area (Å²) in [6.45, 7) is 0. The molecule has 0 fully saturated rings. The van der Waals surface area contributed by atoms with Gasteiger partial charge in [-0.3, -0.25) is 0 Å². The van der Waals surface area contributed by atoms with Crippen LogP contribution in [-0.2, 0) is 127 Å². The maximum Gasteiger partial charge on any atom is 3.00 e. The molecule has 0 aromatic heterocycles. The zero-order chi connectivity index (χ0) is 17.9. The third-order valence-electron chi connectivity index (χ3n) is 0. The van der Waals surface area contributed by atoms with Gasteiger partial charge in [0.2, 0.25) is 0 Å². The Labute approximate surface area is 326 Å². The van der Waals surface area contributed by atoms with E-state index in [1.54, 1.807) is 0 Å². The molecule has 15 nitrogen and oxygen atoms in total. The molecule has 0 saturated carbocycles. The minimum Gasteiger partial charge on any atom is 3.00 e. The van der Waals surface area contributed by atoms with E-state index in [4.69, 9.17) is 45.9 Å². The van der Waals surface area contributed by atoms with Crippen molar-refractivity contribution in [3.05, 3.63) is 0 Å². The summed E-state index contributed by atoms with van der Waals surface area (Å²) in [5.41, 5.74) is 0. The van der Waals surface area contributed by atoms with Crippen LogP contribution in [0.3, 0.4) is 0 Å². The molecule has 0 aromatic carbocycles. The van der Waals surface area contributed by atoms with Gasteiger partial charge in [0.25, 0.3) is 0 Å². The largest absolute Gasteiger partial charge is 3.00 e. The fourth-order valence-electron chi connectivity index (χ4n) is 0. The summed E-state index contributed by atoms with van der Waals surface area (Å²) in [5.74, 6) is 0. The Bertz CT molecular complexity index is 221. The molecule has 0 N–H and O–H groups in total. The van der Waals surface area contributed by atoms with Crippen LogP contribution in [0.25, 0.3) is 0 Å². The minimum absolute atomic E-state index is 0. The minimum atomic E-state index is -4.29. The maximum atomic E-state index is 8.61. The Kier molecular flexibility index (Phi) is 130. The van der Waals surface area contributed by atoms with Crippen molar-refractivity contribution in [3.63, 3.8) is 0 Å². The van der Waals surface area contributed by atoms with Crippen LogP contribution in [0.5, 0.6) is 0 Å². The van der Waals surface area contributed by atoms with E-state index in [1.165, 1.54) is 0 Å². The Morgan fingerprint density at radius 3 is 0.333 bits per heavy atom. The van der Waals surface area contributed by atoms with Crippen LogP contribution in [0, 0.1) is 80.8 Å². The predicted octanol–water partition coefficient (Wildman–Crippen LogP) is -13.3. The second kappa shape index (κ2) is 53.3. The van der Waals surface area contributed by atoms with Crippen molar-refractivity contribution in [3.8, 4) is 0 Å². The van der Waals surface area contributed by atoms with Gasteiger partial charge in [-0.05, 0) is 0 Å². The smallest absolute Gasteiger partial charge is 3.00 e. The monoisotopic (exact) mass is 1270 g/mol. The molecule has 0 amide bonds. The van der Waals surface area contributed by atoms with E-state index in [9.17, 15) is 0 Å². The first-order chi connectivity index (χ1) is 8.66. The average molecular weight is 1270 g/mol. The molecule has 0 spiro atoms. The summed E-state index contributed by atoms with van der Waals surface area (Å²) in [6, 6.07) is 0. The van der Waals surface area contributed by atoms with E-state index in [0.29, 0.717) is 0 Å². The summed E-state index contributed by atoms with van der Waals surface area (Å²) < 4.78 is 129. The molecule has 126 valence electrons. The molecule has 0 bridgehead atoms. The van der Waals surface area contributed by atoms with Gasteiger partial charge in [0, 0.05) is 0 Å². The van der Waals surface area contributed by atoms with Crippen LogP contribution in [0.2, 0.25) is 0 Å². The van der Waals surface area contributed by atoms with E-state index in [0.717, 1.165) is 0 Å². The molecule has 0 aliphatic carbocycles. The molecule has 0 aromatic rings. The molecule has 0 unspecified atom stereocenters. The Morgan fingerprint density at radius 2 is 0.333 bits per heavy atom. The van der Waals surface area contributed by atoms with Crippen molar-refractivity contribution in [1.29, 1.82) is 0 Å². The third-order valence-corrected chi connectivity index (χ3v) is 0. The Hall–Kier alpha value is 8.83. The quantitative estimate of drug-likeness (QED) is 0.204. The van der Waals surface area contributed by atoms with E-state index in [2.05, 4.69) is 0 Å². The van der Waals surface area contributed by atoms with E-state index in [1.807, 2.05) is 0 Å². The zero-order valence-corrected chi connectivity index (χ0v) is 37.3. The van der Waals surface area contributed by atoms with Crippen molar-refractivity contribution in [2.45, 2.75) is 0 Å². The Balaban J connectivity index is -0.0000000161. The molecule has 0 atom stereocenters. The van der Waals surface area contributed by atoms with Gasteiger partial charge in [0.1, 0.15) is 0 Å². The molecular formula is Ba2O15Sm2Zr5. The third kappa shape index (κ3) is 352. The topological polar surface area (TPSA) is 316 Å². The van der Waals surface area contributed by atoms with Crippen molar-refractivity contribution in [2.75, 3.05) is 0 Å². The van der Waals surface area contributed by atoms with Gasteiger partial charge in [0.15, 0.2) is 0 Å². The molecule has 0 aliphatic rings. The molecule has 24 heteroatoms. The molecule has 2 radical (unpaired) electrons. The summed E-state index contributed by atoms with van der Waals surface area (Å²) >= 11 is -21.5. The second-order valence-electron chi connectivity index (χ2n) is 1.25. The normalized spacial score (nSPS) is 5.42. The molecular weight excluding hydrogens is 1270 g/mol. The molecule has 0 saturated heterocycles. The standard InChI is InChI=1S/2Ba.15O.2Sm.5Zr/q2*+2;;;;;;10*-1;2*+3;;;;;. The fourth-order valence-corrected chi connectivity index (χ4v) is 0. The SMILES string of the molecule is [Ba+2].[Ba+2].[O]=[Zr]([O-])[O-].[O]=[Zr]([O-])[O-].[O]=[Zr]([O-])[O-].[O]=[Zr]([O-])[O-].[O]=[Zr]([O-])[O-].[Sm+3].[Sm+3]. The van der Waals surface area contributed by atoms with Gasteiger partial charge in [-0.25, -0.2) is 0 Å². The zero-order valence-electron chi connectivity index (χ0n) is 10.9. The van der Waals surface area contributed by atoms with Crippen molar-refractivity contribution < 1.29 is 240 Å². The number of rotatable bonds is 0. The van der Waals surface area contributed by atoms with Gasteiger partial charge in [-0.1, -0.05) is 0 Å². The van der Waals surface area contributed by atoms with Gasteiger partial charge < -0.3 is 0 Å². The summed E-state index contributed by atoms with van der Waals surface area (Å²) in [5, 5.41) is 0. The van der Waals surface area contributed by atoms with Gasteiger partial charge in [-0.2, -0.15) is 0 Å². The first kappa shape index (κ1) is 58.6. The van der Waals surface area contributed by atoms with Crippen molar-refractivity contribution in [2.24, 2.45) is 0 Å². The summed E-state index contributed by atoms with van der Waals surface area (Å²) in [6.07, 6.45) is 0. The first-order valence-electron chi connectivity index (χ1n) is 3.06. The number of hydrogen-bond donors (Lipinski definition) is 0. The molecule has 24 heavy (non-hydrogen) atoms. The fraction of sp³-hybridized carbons (Fsp3) is 0. The molecule has 0 aliphatic heterocycles. The van der Waals surface area contributed by atoms with Crippen LogP contribution in [-0.4, -0.2) is 97.8 Å². The Morgan fingerprint density at radius 1 is 0.333 bits per heavy atom. The van der Waals surface area contributed by atoms with Gasteiger partial charge >= 0.3 is 338 Å². The van der Waals surface area contributed by atoms with E-state index in [-0.39, 0.29) is 179 Å². The van der Waals surface area contributed by atoms with Crippen LogP contribution in [0.15, 0.2) is 0 Å². The van der Waals surface area contributed by atoms with Crippen LogP contribution in [0.4, 0.5) is 0 Å². The maximum absolute atomic E-state index is 8.61. The molecule has 0 rings (SSSR count). The second-order valence-corrected chi connectivity index (χ2v) is 7.40. The van der Waals surface area contributed by atoms with Crippen molar-refractivity contribution in [1.82, 2.24) is 0 Å². The van der Waals surface area contributed by atoms with Crippen LogP contribution in [0.1, 0.15) is 0 Å². The molecule has 0 heterocycles. The van der Waals surface area contributed by atoms with Crippen LogP contribution < -0.4 is 31.8 Å². The number of hydrogen-bond acceptors (Lipinski definition) is 15. The van der Waals surface area contributed by atoms with Gasteiger partial charge in [-0.15, -0.1) is 0 Å².